The maximum atomic E-state index is 12.8. The number of nitrogens with zero attached hydrogens (tertiary/aromatic N) is 1. The third kappa shape index (κ3) is 3.96. The van der Waals surface area contributed by atoms with Gasteiger partial charge in [0.2, 0.25) is 0 Å². The van der Waals surface area contributed by atoms with Crippen LogP contribution in [0.1, 0.15) is 60.4 Å². The summed E-state index contributed by atoms with van der Waals surface area (Å²) in [6, 6.07) is 7.52. The number of carboxylic acids is 1. The number of hydrogen-bond acceptors (Lipinski definition) is 3. The quantitative estimate of drug-likeness (QED) is 0.921. The van der Waals surface area contributed by atoms with E-state index in [-0.39, 0.29) is 25.0 Å². The zero-order valence-corrected chi connectivity index (χ0v) is 13.9. The van der Waals surface area contributed by atoms with Gasteiger partial charge in [-0.15, -0.1) is 0 Å². The summed E-state index contributed by atoms with van der Waals surface area (Å²) in [4.78, 5) is 25.4. The van der Waals surface area contributed by atoms with Crippen molar-refractivity contribution in [2.75, 3.05) is 19.8 Å². The van der Waals surface area contributed by atoms with Gasteiger partial charge in [-0.3, -0.25) is 9.59 Å². The Hall–Kier alpha value is -1.88. The van der Waals surface area contributed by atoms with E-state index in [9.17, 15) is 9.59 Å². The molecule has 1 atom stereocenters. The molecule has 1 heterocycles. The molecule has 3 rings (SSSR count). The van der Waals surface area contributed by atoms with Crippen molar-refractivity contribution in [3.05, 3.63) is 35.4 Å². The molecule has 1 aromatic carbocycles. The molecule has 1 saturated heterocycles. The Morgan fingerprint density at radius 1 is 1.12 bits per heavy atom. The monoisotopic (exact) mass is 331 g/mol. The van der Waals surface area contributed by atoms with Crippen molar-refractivity contribution in [1.82, 2.24) is 4.90 Å². The average molecular weight is 331 g/mol. The summed E-state index contributed by atoms with van der Waals surface area (Å²) in [7, 11) is 0. The van der Waals surface area contributed by atoms with Gasteiger partial charge in [0.15, 0.2) is 0 Å². The van der Waals surface area contributed by atoms with E-state index in [4.69, 9.17) is 9.84 Å². The molecule has 5 heteroatoms. The fourth-order valence-corrected chi connectivity index (χ4v) is 3.79. The van der Waals surface area contributed by atoms with Crippen LogP contribution >= 0.6 is 0 Å². The topological polar surface area (TPSA) is 66.8 Å². The summed E-state index contributed by atoms with van der Waals surface area (Å²) in [6.07, 6.45) is 6.29. The maximum Gasteiger partial charge on any atom is 0.305 e. The summed E-state index contributed by atoms with van der Waals surface area (Å²) in [6.45, 7) is 1.20. The van der Waals surface area contributed by atoms with Crippen molar-refractivity contribution >= 4 is 11.9 Å². The largest absolute Gasteiger partial charge is 0.481 e. The molecule has 1 aliphatic heterocycles. The van der Waals surface area contributed by atoms with Crippen LogP contribution in [0.2, 0.25) is 0 Å². The first-order chi connectivity index (χ1) is 11.6. The molecule has 0 aromatic heterocycles. The third-order valence-electron chi connectivity index (χ3n) is 5.13. The Morgan fingerprint density at radius 2 is 1.83 bits per heavy atom. The van der Waals surface area contributed by atoms with Crippen LogP contribution < -0.4 is 0 Å². The highest BCUT2D eigenvalue weighted by atomic mass is 16.5. The first kappa shape index (κ1) is 17.0. The number of carboxylic acid groups (broad SMARTS) is 1. The summed E-state index contributed by atoms with van der Waals surface area (Å²) < 4.78 is 5.34. The standard InChI is InChI=1S/C19H25NO4/c21-18(22)12-17-13-24-11-10-20(17)19(23)16-8-6-15(7-9-16)14-4-2-1-3-5-14/h6-9,14,17H,1-5,10-13H2,(H,21,22). The second-order valence-corrected chi connectivity index (χ2v) is 6.78. The number of hydrogen-bond donors (Lipinski definition) is 1. The van der Waals surface area contributed by atoms with Crippen molar-refractivity contribution in [1.29, 1.82) is 0 Å². The van der Waals surface area contributed by atoms with Crippen molar-refractivity contribution in [2.45, 2.75) is 50.5 Å². The van der Waals surface area contributed by atoms with E-state index in [0.717, 1.165) is 0 Å². The van der Waals surface area contributed by atoms with Crippen molar-refractivity contribution in [2.24, 2.45) is 0 Å². The van der Waals surface area contributed by atoms with E-state index < -0.39 is 5.97 Å². The van der Waals surface area contributed by atoms with Crippen LogP contribution in [0.3, 0.4) is 0 Å². The molecule has 0 radical (unpaired) electrons. The predicted octanol–water partition coefficient (Wildman–Crippen LogP) is 3.05. The minimum absolute atomic E-state index is 0.0775. The fourth-order valence-electron chi connectivity index (χ4n) is 3.79. The molecule has 1 saturated carbocycles. The molecule has 1 amide bonds. The number of amides is 1. The zero-order chi connectivity index (χ0) is 16.9. The highest BCUT2D eigenvalue weighted by Gasteiger charge is 2.29. The van der Waals surface area contributed by atoms with Crippen LogP contribution in [0, 0.1) is 0 Å². The van der Waals surface area contributed by atoms with Gasteiger partial charge in [0.25, 0.3) is 5.91 Å². The lowest BCUT2D eigenvalue weighted by atomic mass is 9.84. The first-order valence-electron chi connectivity index (χ1n) is 8.85. The van der Waals surface area contributed by atoms with Crippen LogP contribution in [0.15, 0.2) is 24.3 Å². The van der Waals surface area contributed by atoms with E-state index in [1.165, 1.54) is 37.7 Å². The molecule has 130 valence electrons. The number of morpholine rings is 1. The lowest BCUT2D eigenvalue weighted by Crippen LogP contribution is -2.49. The van der Waals surface area contributed by atoms with Gasteiger partial charge in [-0.05, 0) is 36.5 Å². The molecular formula is C19H25NO4. The normalized spacial score (nSPS) is 22.3. The van der Waals surface area contributed by atoms with Gasteiger partial charge in [0.1, 0.15) is 0 Å². The molecule has 0 bridgehead atoms. The van der Waals surface area contributed by atoms with Gasteiger partial charge in [-0.25, -0.2) is 0 Å². The van der Waals surface area contributed by atoms with Gasteiger partial charge in [0.05, 0.1) is 25.7 Å². The van der Waals surface area contributed by atoms with Gasteiger partial charge >= 0.3 is 5.97 Å². The second kappa shape index (κ2) is 7.79. The van der Waals surface area contributed by atoms with E-state index in [0.29, 0.717) is 24.6 Å². The second-order valence-electron chi connectivity index (χ2n) is 6.78. The Bertz CT molecular complexity index is 578. The number of ether oxygens (including phenoxy) is 1. The van der Waals surface area contributed by atoms with E-state index in [2.05, 4.69) is 12.1 Å². The lowest BCUT2D eigenvalue weighted by molar-refractivity contribution is -0.139. The number of aliphatic carboxylic acids is 1. The maximum absolute atomic E-state index is 12.8. The molecule has 1 aromatic rings. The van der Waals surface area contributed by atoms with Gasteiger partial charge < -0.3 is 14.7 Å². The highest BCUT2D eigenvalue weighted by molar-refractivity contribution is 5.94. The fraction of sp³-hybridized carbons (Fsp3) is 0.579. The highest BCUT2D eigenvalue weighted by Crippen LogP contribution is 2.32. The Kier molecular flexibility index (Phi) is 5.51. The van der Waals surface area contributed by atoms with E-state index in [1.807, 2.05) is 12.1 Å². The summed E-state index contributed by atoms with van der Waals surface area (Å²) in [5, 5.41) is 9.02. The van der Waals surface area contributed by atoms with Crippen LogP contribution in [0.4, 0.5) is 0 Å². The summed E-state index contributed by atoms with van der Waals surface area (Å²) in [5.74, 6) is -0.387. The molecule has 1 N–H and O–H groups in total. The van der Waals surface area contributed by atoms with E-state index >= 15 is 0 Å². The molecule has 5 nitrogen and oxygen atoms in total. The van der Waals surface area contributed by atoms with Gasteiger partial charge in [-0.2, -0.15) is 0 Å². The molecule has 1 aliphatic carbocycles. The van der Waals surface area contributed by atoms with Crippen molar-refractivity contribution in [3.63, 3.8) is 0 Å². The van der Waals surface area contributed by atoms with Crippen molar-refractivity contribution < 1.29 is 19.4 Å². The molecule has 24 heavy (non-hydrogen) atoms. The molecule has 0 spiro atoms. The van der Waals surface area contributed by atoms with E-state index in [1.54, 1.807) is 4.90 Å². The van der Waals surface area contributed by atoms with Crippen LogP contribution in [0.25, 0.3) is 0 Å². The number of benzene rings is 1. The Balaban J connectivity index is 1.70. The lowest BCUT2D eigenvalue weighted by Gasteiger charge is -2.35. The summed E-state index contributed by atoms with van der Waals surface area (Å²) in [5.41, 5.74) is 1.95. The number of carbonyl (C=O) groups excluding carboxylic acids is 1. The average Bonchev–Trinajstić information content (AvgIpc) is 2.62. The molecule has 1 unspecified atom stereocenters. The number of carbonyl (C=O) groups is 2. The van der Waals surface area contributed by atoms with Gasteiger partial charge in [0, 0.05) is 12.1 Å². The molecule has 2 aliphatic rings. The Labute approximate surface area is 142 Å². The van der Waals surface area contributed by atoms with Crippen LogP contribution in [-0.2, 0) is 9.53 Å². The minimum Gasteiger partial charge on any atom is -0.481 e. The first-order valence-corrected chi connectivity index (χ1v) is 8.85. The number of rotatable bonds is 4. The molecule has 2 fully saturated rings. The SMILES string of the molecule is O=C(O)CC1COCCN1C(=O)c1ccc(C2CCCCC2)cc1. The minimum atomic E-state index is -0.907. The Morgan fingerprint density at radius 3 is 2.50 bits per heavy atom. The molecular weight excluding hydrogens is 306 g/mol. The van der Waals surface area contributed by atoms with Gasteiger partial charge in [-0.1, -0.05) is 31.4 Å². The zero-order valence-electron chi connectivity index (χ0n) is 13.9. The van der Waals surface area contributed by atoms with Crippen molar-refractivity contribution in [3.8, 4) is 0 Å². The smallest absolute Gasteiger partial charge is 0.305 e. The van der Waals surface area contributed by atoms with Crippen LogP contribution in [0.5, 0.6) is 0 Å². The third-order valence-corrected chi connectivity index (χ3v) is 5.13. The predicted molar refractivity (Wildman–Crippen MR) is 90.2 cm³/mol. The van der Waals surface area contributed by atoms with Crippen LogP contribution in [-0.4, -0.2) is 47.7 Å². The summed E-state index contributed by atoms with van der Waals surface area (Å²) >= 11 is 0.